The Morgan fingerprint density at radius 1 is 1.37 bits per heavy atom. The van der Waals surface area contributed by atoms with Crippen LogP contribution in [0.5, 0.6) is 5.75 Å². The summed E-state index contributed by atoms with van der Waals surface area (Å²) in [4.78, 5) is 4.33. The fraction of sp³-hybridized carbons (Fsp3) is 0.500. The van der Waals surface area contributed by atoms with E-state index in [1.165, 1.54) is 0 Å². The SMILES string of the molecule is COc1ccc2nc(N)n(CCOCC(C)C)c2c1. The van der Waals surface area contributed by atoms with Crippen molar-refractivity contribution >= 4 is 17.0 Å². The molecule has 0 amide bonds. The number of benzene rings is 1. The molecule has 0 spiro atoms. The summed E-state index contributed by atoms with van der Waals surface area (Å²) in [7, 11) is 1.65. The zero-order chi connectivity index (χ0) is 13.8. The van der Waals surface area contributed by atoms with E-state index in [9.17, 15) is 0 Å². The molecule has 0 saturated carbocycles. The first kappa shape index (κ1) is 13.7. The average molecular weight is 263 g/mol. The van der Waals surface area contributed by atoms with Gasteiger partial charge in [-0.25, -0.2) is 4.98 Å². The Kier molecular flexibility index (Phi) is 4.27. The van der Waals surface area contributed by atoms with Crippen molar-refractivity contribution in [1.29, 1.82) is 0 Å². The predicted molar refractivity (Wildman–Crippen MR) is 76.4 cm³/mol. The van der Waals surface area contributed by atoms with Gasteiger partial charge in [-0.1, -0.05) is 13.8 Å². The molecule has 19 heavy (non-hydrogen) atoms. The maximum atomic E-state index is 5.94. The molecule has 2 aromatic rings. The molecule has 5 nitrogen and oxygen atoms in total. The quantitative estimate of drug-likeness (QED) is 0.812. The van der Waals surface area contributed by atoms with Crippen LogP contribution >= 0.6 is 0 Å². The Balaban J connectivity index is 2.14. The first-order valence-corrected chi connectivity index (χ1v) is 6.49. The molecule has 0 aliphatic carbocycles. The van der Waals surface area contributed by atoms with Crippen molar-refractivity contribution in [2.24, 2.45) is 5.92 Å². The first-order valence-electron chi connectivity index (χ1n) is 6.49. The molecule has 1 aromatic carbocycles. The minimum Gasteiger partial charge on any atom is -0.497 e. The fourth-order valence-corrected chi connectivity index (χ4v) is 1.96. The highest BCUT2D eigenvalue weighted by Gasteiger charge is 2.09. The Morgan fingerprint density at radius 3 is 2.84 bits per heavy atom. The molecule has 0 aliphatic heterocycles. The Morgan fingerprint density at radius 2 is 2.16 bits per heavy atom. The average Bonchev–Trinajstić information content (AvgIpc) is 2.69. The van der Waals surface area contributed by atoms with Gasteiger partial charge in [0.05, 0.1) is 24.8 Å². The number of imidazole rings is 1. The summed E-state index contributed by atoms with van der Waals surface area (Å²) in [6.07, 6.45) is 0. The minimum atomic E-state index is 0.511. The van der Waals surface area contributed by atoms with Crippen LogP contribution in [0.3, 0.4) is 0 Å². The van der Waals surface area contributed by atoms with Crippen LogP contribution in [0.25, 0.3) is 11.0 Å². The number of rotatable bonds is 6. The molecule has 0 bridgehead atoms. The van der Waals surface area contributed by atoms with E-state index in [1.54, 1.807) is 7.11 Å². The summed E-state index contributed by atoms with van der Waals surface area (Å²) >= 11 is 0. The van der Waals surface area contributed by atoms with Gasteiger partial charge in [-0.05, 0) is 18.1 Å². The van der Waals surface area contributed by atoms with Gasteiger partial charge in [0.25, 0.3) is 0 Å². The van der Waals surface area contributed by atoms with Crippen LogP contribution in [-0.2, 0) is 11.3 Å². The molecule has 2 N–H and O–H groups in total. The number of nitrogens with zero attached hydrogens (tertiary/aromatic N) is 2. The normalized spacial score (nSPS) is 11.4. The highest BCUT2D eigenvalue weighted by Crippen LogP contribution is 2.22. The summed E-state index contributed by atoms with van der Waals surface area (Å²) in [5, 5.41) is 0. The summed E-state index contributed by atoms with van der Waals surface area (Å²) in [5.74, 6) is 1.85. The lowest BCUT2D eigenvalue weighted by Gasteiger charge is -2.09. The van der Waals surface area contributed by atoms with Gasteiger partial charge in [0.2, 0.25) is 5.95 Å². The van der Waals surface area contributed by atoms with Crippen LogP contribution in [0.4, 0.5) is 5.95 Å². The third-order valence-electron chi connectivity index (χ3n) is 2.90. The smallest absolute Gasteiger partial charge is 0.201 e. The van der Waals surface area contributed by atoms with Crippen LogP contribution in [-0.4, -0.2) is 29.9 Å². The highest BCUT2D eigenvalue weighted by molar-refractivity contribution is 5.79. The van der Waals surface area contributed by atoms with Gasteiger partial charge in [0, 0.05) is 19.2 Å². The zero-order valence-electron chi connectivity index (χ0n) is 11.7. The maximum absolute atomic E-state index is 5.94. The summed E-state index contributed by atoms with van der Waals surface area (Å²) < 4.78 is 12.8. The number of nitrogens with two attached hydrogens (primary N) is 1. The maximum Gasteiger partial charge on any atom is 0.201 e. The monoisotopic (exact) mass is 263 g/mol. The Hall–Kier alpha value is -1.75. The van der Waals surface area contributed by atoms with Crippen molar-refractivity contribution < 1.29 is 9.47 Å². The molecular weight excluding hydrogens is 242 g/mol. The summed E-state index contributed by atoms with van der Waals surface area (Å²) in [5.41, 5.74) is 7.80. The van der Waals surface area contributed by atoms with Gasteiger partial charge in [0.15, 0.2) is 0 Å². The lowest BCUT2D eigenvalue weighted by Crippen LogP contribution is -2.11. The van der Waals surface area contributed by atoms with E-state index in [2.05, 4.69) is 18.8 Å². The van der Waals surface area contributed by atoms with Crippen molar-refractivity contribution in [1.82, 2.24) is 9.55 Å². The van der Waals surface area contributed by atoms with Gasteiger partial charge in [-0.3, -0.25) is 0 Å². The van der Waals surface area contributed by atoms with Crippen LogP contribution in [0.15, 0.2) is 18.2 Å². The highest BCUT2D eigenvalue weighted by atomic mass is 16.5. The van der Waals surface area contributed by atoms with Crippen molar-refractivity contribution in [3.8, 4) is 5.75 Å². The lowest BCUT2D eigenvalue weighted by molar-refractivity contribution is 0.104. The molecule has 0 atom stereocenters. The van der Waals surface area contributed by atoms with E-state index in [0.717, 1.165) is 23.4 Å². The van der Waals surface area contributed by atoms with Crippen molar-refractivity contribution in [2.45, 2.75) is 20.4 Å². The van der Waals surface area contributed by atoms with E-state index in [1.807, 2.05) is 22.8 Å². The molecule has 0 unspecified atom stereocenters. The van der Waals surface area contributed by atoms with Crippen LogP contribution in [0.2, 0.25) is 0 Å². The van der Waals surface area contributed by atoms with E-state index < -0.39 is 0 Å². The van der Waals surface area contributed by atoms with Crippen LogP contribution in [0.1, 0.15) is 13.8 Å². The van der Waals surface area contributed by atoms with Gasteiger partial charge < -0.3 is 19.8 Å². The van der Waals surface area contributed by atoms with E-state index in [-0.39, 0.29) is 0 Å². The van der Waals surface area contributed by atoms with E-state index in [0.29, 0.717) is 25.0 Å². The third kappa shape index (κ3) is 3.17. The lowest BCUT2D eigenvalue weighted by atomic mass is 10.2. The van der Waals surface area contributed by atoms with Gasteiger partial charge in [0.1, 0.15) is 5.75 Å². The molecule has 0 aliphatic rings. The Labute approximate surface area is 113 Å². The molecule has 1 aromatic heterocycles. The summed E-state index contributed by atoms with van der Waals surface area (Å²) in [6.45, 7) is 6.35. The molecule has 2 rings (SSSR count). The first-order chi connectivity index (χ1) is 9.11. The number of methoxy groups -OCH3 is 1. The molecule has 5 heteroatoms. The van der Waals surface area contributed by atoms with Crippen LogP contribution < -0.4 is 10.5 Å². The van der Waals surface area contributed by atoms with Crippen LogP contribution in [0, 0.1) is 5.92 Å². The standard InChI is InChI=1S/C14H21N3O2/c1-10(2)9-19-7-6-17-13-8-11(18-3)4-5-12(13)16-14(17)15/h4-5,8,10H,6-7,9H2,1-3H3,(H2,15,16). The van der Waals surface area contributed by atoms with Gasteiger partial charge >= 0.3 is 0 Å². The van der Waals surface area contributed by atoms with E-state index in [4.69, 9.17) is 15.2 Å². The number of hydrogen-bond acceptors (Lipinski definition) is 4. The summed E-state index contributed by atoms with van der Waals surface area (Å²) in [6, 6.07) is 5.74. The molecule has 104 valence electrons. The molecular formula is C14H21N3O2. The molecule has 0 fully saturated rings. The molecule has 0 saturated heterocycles. The van der Waals surface area contributed by atoms with Crippen molar-refractivity contribution in [3.05, 3.63) is 18.2 Å². The third-order valence-corrected chi connectivity index (χ3v) is 2.90. The number of ether oxygens (including phenoxy) is 2. The topological polar surface area (TPSA) is 62.3 Å². The number of fused-ring (bicyclic) bond motifs is 1. The number of nitrogen functional groups attached to an aromatic ring is 1. The molecule has 0 radical (unpaired) electrons. The zero-order valence-corrected chi connectivity index (χ0v) is 11.7. The van der Waals surface area contributed by atoms with Gasteiger partial charge in [-0.2, -0.15) is 0 Å². The van der Waals surface area contributed by atoms with Crippen molar-refractivity contribution in [2.75, 3.05) is 26.1 Å². The minimum absolute atomic E-state index is 0.511. The number of anilines is 1. The van der Waals surface area contributed by atoms with Crippen molar-refractivity contribution in [3.63, 3.8) is 0 Å². The number of hydrogen-bond donors (Lipinski definition) is 1. The second-order valence-corrected chi connectivity index (χ2v) is 4.95. The predicted octanol–water partition coefficient (Wildman–Crippen LogP) is 2.30. The second-order valence-electron chi connectivity index (χ2n) is 4.95. The largest absolute Gasteiger partial charge is 0.497 e. The molecule has 1 heterocycles. The second kappa shape index (κ2) is 5.93. The Bertz CT molecular complexity index is 549. The van der Waals surface area contributed by atoms with E-state index >= 15 is 0 Å². The van der Waals surface area contributed by atoms with Gasteiger partial charge in [-0.15, -0.1) is 0 Å². The number of aromatic nitrogens is 2. The fourth-order valence-electron chi connectivity index (χ4n) is 1.96.